The predicted octanol–water partition coefficient (Wildman–Crippen LogP) is 4.06. The van der Waals surface area contributed by atoms with Crippen LogP contribution in [0.3, 0.4) is 0 Å². The Morgan fingerprint density at radius 3 is 2.66 bits per heavy atom. The van der Waals surface area contributed by atoms with E-state index in [2.05, 4.69) is 21.0 Å². The van der Waals surface area contributed by atoms with Crippen LogP contribution in [0.25, 0.3) is 16.8 Å². The number of halogens is 1. The van der Waals surface area contributed by atoms with E-state index in [9.17, 15) is 9.90 Å². The van der Waals surface area contributed by atoms with Gasteiger partial charge in [0.1, 0.15) is 11.3 Å². The molecule has 29 heavy (non-hydrogen) atoms. The maximum absolute atomic E-state index is 12.9. The number of hydrogen-bond acceptors (Lipinski definition) is 4. The lowest BCUT2D eigenvalue weighted by Gasteiger charge is -2.13. The van der Waals surface area contributed by atoms with Crippen molar-refractivity contribution in [3.05, 3.63) is 87.4 Å². The largest absolute Gasteiger partial charge is 0.494 e. The Hall–Kier alpha value is -2.90. The van der Waals surface area contributed by atoms with Crippen molar-refractivity contribution in [2.45, 2.75) is 19.6 Å². The molecule has 0 saturated carbocycles. The summed E-state index contributed by atoms with van der Waals surface area (Å²) in [7, 11) is 0. The number of hydrogen-bond donors (Lipinski definition) is 1. The third-order valence-electron chi connectivity index (χ3n) is 4.67. The third kappa shape index (κ3) is 4.11. The Kier molecular flexibility index (Phi) is 5.51. The van der Waals surface area contributed by atoms with Gasteiger partial charge in [0.2, 0.25) is 0 Å². The highest BCUT2D eigenvalue weighted by molar-refractivity contribution is 9.10. The van der Waals surface area contributed by atoms with Crippen LogP contribution in [0.2, 0.25) is 0 Å². The summed E-state index contributed by atoms with van der Waals surface area (Å²) in [6.07, 6.45) is 2.58. The number of ether oxygens (including phenoxy) is 1. The Labute approximate surface area is 176 Å². The normalized spacial score (nSPS) is 12.2. The topological polar surface area (TPSA) is 68.8 Å². The fourth-order valence-electron chi connectivity index (χ4n) is 3.21. The lowest BCUT2D eigenvalue weighted by Crippen LogP contribution is -2.24. The Bertz CT molecular complexity index is 1200. The van der Waals surface area contributed by atoms with Crippen LogP contribution in [0.4, 0.5) is 0 Å². The molecule has 0 saturated heterocycles. The number of aliphatic hydroxyl groups excluding tert-OH is 1. The molecule has 0 aliphatic carbocycles. The summed E-state index contributed by atoms with van der Waals surface area (Å²) in [5, 5.41) is 15.0. The molecule has 2 aromatic heterocycles. The summed E-state index contributed by atoms with van der Waals surface area (Å²) < 4.78 is 9.42. The van der Waals surface area contributed by atoms with Crippen LogP contribution in [0, 0.1) is 0 Å². The lowest BCUT2D eigenvalue weighted by molar-refractivity contribution is 0.155. The van der Waals surface area contributed by atoms with Crippen molar-refractivity contribution < 1.29 is 9.84 Å². The van der Waals surface area contributed by atoms with E-state index >= 15 is 0 Å². The fourth-order valence-corrected chi connectivity index (χ4v) is 3.62. The zero-order valence-electron chi connectivity index (χ0n) is 15.8. The van der Waals surface area contributed by atoms with Crippen molar-refractivity contribution in [1.82, 2.24) is 14.2 Å². The third-order valence-corrected chi connectivity index (χ3v) is 5.16. The van der Waals surface area contributed by atoms with Gasteiger partial charge in [-0.15, -0.1) is 0 Å². The molecular weight excluding hydrogens is 434 g/mol. The molecule has 0 aliphatic heterocycles. The molecule has 6 nitrogen and oxygen atoms in total. The van der Waals surface area contributed by atoms with E-state index in [1.807, 2.05) is 55.5 Å². The zero-order valence-corrected chi connectivity index (χ0v) is 17.4. The van der Waals surface area contributed by atoms with Gasteiger partial charge in [0.25, 0.3) is 5.56 Å². The van der Waals surface area contributed by atoms with E-state index in [1.165, 1.54) is 4.57 Å². The van der Waals surface area contributed by atoms with Gasteiger partial charge in [0, 0.05) is 22.4 Å². The van der Waals surface area contributed by atoms with Gasteiger partial charge in [-0.05, 0) is 55.0 Å². The van der Waals surface area contributed by atoms with Gasteiger partial charge in [-0.25, -0.2) is 4.52 Å². The molecule has 0 unspecified atom stereocenters. The van der Waals surface area contributed by atoms with Crippen LogP contribution in [0.1, 0.15) is 18.6 Å². The quantitative estimate of drug-likeness (QED) is 0.477. The highest BCUT2D eigenvalue weighted by Gasteiger charge is 2.13. The van der Waals surface area contributed by atoms with E-state index < -0.39 is 6.10 Å². The number of benzene rings is 2. The summed E-state index contributed by atoms with van der Waals surface area (Å²) in [6.45, 7) is 2.71. The molecule has 148 valence electrons. The molecular formula is C22H20BrN3O3. The molecule has 0 spiro atoms. The average molecular weight is 454 g/mol. The number of fused-ring (bicyclic) bond motifs is 1. The standard InChI is InChI=1S/C22H20BrN3O3/c1-2-29-18-8-6-15(7-9-18)19-13-20-22(28)25(10-11-26(20)24-19)14-21(27)16-4-3-5-17(23)12-16/h3-13,21,27H,2,14H2,1H3/t21-/m1/s1. The van der Waals surface area contributed by atoms with Crippen LogP contribution in [-0.2, 0) is 6.54 Å². The van der Waals surface area contributed by atoms with E-state index in [0.717, 1.165) is 21.3 Å². The highest BCUT2D eigenvalue weighted by Crippen LogP contribution is 2.22. The van der Waals surface area contributed by atoms with Gasteiger partial charge < -0.3 is 14.4 Å². The Morgan fingerprint density at radius 1 is 1.14 bits per heavy atom. The highest BCUT2D eigenvalue weighted by atomic mass is 79.9. The number of aromatic nitrogens is 3. The van der Waals surface area contributed by atoms with Crippen molar-refractivity contribution in [2.75, 3.05) is 6.61 Å². The smallest absolute Gasteiger partial charge is 0.276 e. The van der Waals surface area contributed by atoms with Crippen LogP contribution in [-0.4, -0.2) is 25.9 Å². The summed E-state index contributed by atoms with van der Waals surface area (Å²) in [4.78, 5) is 12.9. The SMILES string of the molecule is CCOc1ccc(-c2cc3c(=O)n(C[C@@H](O)c4cccc(Br)c4)ccn3n2)cc1. The van der Waals surface area contributed by atoms with E-state index in [4.69, 9.17) is 4.74 Å². The molecule has 4 rings (SSSR count). The van der Waals surface area contributed by atoms with Gasteiger partial charge in [0.05, 0.1) is 24.9 Å². The van der Waals surface area contributed by atoms with Gasteiger partial charge in [-0.1, -0.05) is 28.1 Å². The van der Waals surface area contributed by atoms with E-state index in [1.54, 1.807) is 23.0 Å². The summed E-state index contributed by atoms with van der Waals surface area (Å²) >= 11 is 3.40. The lowest BCUT2D eigenvalue weighted by atomic mass is 10.1. The second-order valence-corrected chi connectivity index (χ2v) is 7.56. The van der Waals surface area contributed by atoms with E-state index in [0.29, 0.717) is 17.8 Å². The molecule has 0 amide bonds. The van der Waals surface area contributed by atoms with Crippen molar-refractivity contribution >= 4 is 21.4 Å². The van der Waals surface area contributed by atoms with Crippen molar-refractivity contribution in [1.29, 1.82) is 0 Å². The molecule has 1 atom stereocenters. The minimum absolute atomic E-state index is 0.162. The Balaban J connectivity index is 1.63. The first kappa shape index (κ1) is 19.4. The fraction of sp³-hybridized carbons (Fsp3) is 0.182. The maximum atomic E-state index is 12.9. The molecule has 4 aromatic rings. The average Bonchev–Trinajstić information content (AvgIpc) is 3.16. The molecule has 0 bridgehead atoms. The van der Waals surface area contributed by atoms with Gasteiger partial charge in [-0.2, -0.15) is 5.10 Å². The first-order valence-electron chi connectivity index (χ1n) is 9.30. The van der Waals surface area contributed by atoms with Crippen molar-refractivity contribution in [3.63, 3.8) is 0 Å². The van der Waals surface area contributed by atoms with E-state index in [-0.39, 0.29) is 12.1 Å². The Morgan fingerprint density at radius 2 is 1.93 bits per heavy atom. The van der Waals surface area contributed by atoms with Crippen molar-refractivity contribution in [2.24, 2.45) is 0 Å². The molecule has 0 aliphatic rings. The van der Waals surface area contributed by atoms with Gasteiger partial charge in [-0.3, -0.25) is 4.79 Å². The molecule has 7 heteroatoms. The molecule has 2 aromatic carbocycles. The van der Waals surface area contributed by atoms with Gasteiger partial charge in [0.15, 0.2) is 0 Å². The minimum atomic E-state index is -0.791. The monoisotopic (exact) mass is 453 g/mol. The van der Waals surface area contributed by atoms with Crippen LogP contribution < -0.4 is 10.3 Å². The summed E-state index contributed by atoms with van der Waals surface area (Å²) in [5.74, 6) is 0.795. The van der Waals surface area contributed by atoms with Gasteiger partial charge >= 0.3 is 0 Å². The second-order valence-electron chi connectivity index (χ2n) is 6.64. The van der Waals surface area contributed by atoms with Crippen molar-refractivity contribution in [3.8, 4) is 17.0 Å². The predicted molar refractivity (Wildman–Crippen MR) is 115 cm³/mol. The second kappa shape index (κ2) is 8.23. The molecule has 0 fully saturated rings. The number of aliphatic hydroxyl groups is 1. The zero-order chi connectivity index (χ0) is 20.4. The first-order valence-corrected chi connectivity index (χ1v) is 10.1. The first-order chi connectivity index (χ1) is 14.0. The molecule has 0 radical (unpaired) electrons. The number of nitrogens with zero attached hydrogens (tertiary/aromatic N) is 3. The molecule has 1 N–H and O–H groups in total. The van der Waals surface area contributed by atoms with Crippen LogP contribution in [0.5, 0.6) is 5.75 Å². The summed E-state index contributed by atoms with van der Waals surface area (Å²) in [5.41, 5.74) is 2.60. The van der Waals surface area contributed by atoms with Crippen LogP contribution in [0.15, 0.2) is 76.3 Å². The summed E-state index contributed by atoms with van der Waals surface area (Å²) in [6, 6.07) is 16.8. The maximum Gasteiger partial charge on any atom is 0.276 e. The van der Waals surface area contributed by atoms with Crippen LogP contribution >= 0.6 is 15.9 Å². The molecule has 2 heterocycles. The minimum Gasteiger partial charge on any atom is -0.494 e. The number of rotatable bonds is 6.